The lowest BCUT2D eigenvalue weighted by atomic mass is 9.87. The van der Waals surface area contributed by atoms with Gasteiger partial charge in [-0.05, 0) is 36.5 Å². The summed E-state index contributed by atoms with van der Waals surface area (Å²) in [5, 5.41) is 2.77. The van der Waals surface area contributed by atoms with Gasteiger partial charge in [-0.25, -0.2) is 8.42 Å². The van der Waals surface area contributed by atoms with Crippen LogP contribution < -0.4 is 10.1 Å². The summed E-state index contributed by atoms with van der Waals surface area (Å²) in [7, 11) is -3.04. The van der Waals surface area contributed by atoms with Crippen LogP contribution in [0.5, 0.6) is 5.75 Å². The van der Waals surface area contributed by atoms with E-state index in [4.69, 9.17) is 4.74 Å². The summed E-state index contributed by atoms with van der Waals surface area (Å²) >= 11 is 0. The van der Waals surface area contributed by atoms with E-state index in [1.165, 1.54) is 5.56 Å². The zero-order valence-electron chi connectivity index (χ0n) is 14.2. The highest BCUT2D eigenvalue weighted by molar-refractivity contribution is 7.91. The second kappa shape index (κ2) is 6.15. The molecule has 0 aromatic heterocycles. The van der Waals surface area contributed by atoms with Gasteiger partial charge in [0.2, 0.25) is 0 Å². The topological polar surface area (TPSA) is 72.5 Å². The fourth-order valence-electron chi connectivity index (χ4n) is 2.68. The Hall–Kier alpha value is -1.56. The standard InChI is InChI=1S/C17H25NO4S/c1-16(2,3)13-5-7-14(8-6-13)22-11-15(19)18-17(4)9-10-23(20,21)12-17/h5-8H,9-12H2,1-4H3,(H,18,19). The first-order chi connectivity index (χ1) is 10.5. The van der Waals surface area contributed by atoms with Crippen molar-refractivity contribution in [3.8, 4) is 5.75 Å². The number of amides is 1. The smallest absolute Gasteiger partial charge is 0.258 e. The van der Waals surface area contributed by atoms with Crippen LogP contribution in [0.2, 0.25) is 0 Å². The molecule has 0 saturated carbocycles. The van der Waals surface area contributed by atoms with Gasteiger partial charge in [0.15, 0.2) is 16.4 Å². The van der Waals surface area contributed by atoms with Crippen LogP contribution in [0.15, 0.2) is 24.3 Å². The van der Waals surface area contributed by atoms with Gasteiger partial charge in [-0.2, -0.15) is 0 Å². The number of sulfone groups is 1. The quantitative estimate of drug-likeness (QED) is 0.911. The highest BCUT2D eigenvalue weighted by Crippen LogP contribution is 2.25. The molecule has 0 aliphatic carbocycles. The van der Waals surface area contributed by atoms with E-state index in [0.29, 0.717) is 12.2 Å². The van der Waals surface area contributed by atoms with Crippen molar-refractivity contribution in [2.75, 3.05) is 18.1 Å². The van der Waals surface area contributed by atoms with Crippen molar-refractivity contribution < 1.29 is 17.9 Å². The molecule has 1 N–H and O–H groups in total. The molecule has 0 bridgehead atoms. The van der Waals surface area contributed by atoms with E-state index in [9.17, 15) is 13.2 Å². The Labute approximate surface area is 138 Å². The number of ether oxygens (including phenoxy) is 1. The molecular weight excluding hydrogens is 314 g/mol. The van der Waals surface area contributed by atoms with E-state index in [1.807, 2.05) is 24.3 Å². The maximum Gasteiger partial charge on any atom is 0.258 e. The average molecular weight is 339 g/mol. The lowest BCUT2D eigenvalue weighted by Crippen LogP contribution is -2.48. The van der Waals surface area contributed by atoms with Crippen molar-refractivity contribution >= 4 is 15.7 Å². The van der Waals surface area contributed by atoms with Crippen LogP contribution in [0.1, 0.15) is 39.7 Å². The molecule has 1 heterocycles. The SMILES string of the molecule is CC1(NC(=O)COc2ccc(C(C)(C)C)cc2)CCS(=O)(=O)C1. The fourth-order valence-corrected chi connectivity index (χ4v) is 4.77. The number of nitrogens with one attached hydrogen (secondary N) is 1. The van der Waals surface area contributed by atoms with Crippen LogP contribution in [0.4, 0.5) is 0 Å². The second-order valence-corrected chi connectivity index (χ2v) is 9.70. The van der Waals surface area contributed by atoms with E-state index in [2.05, 4.69) is 26.1 Å². The van der Waals surface area contributed by atoms with Gasteiger partial charge in [-0.15, -0.1) is 0 Å². The minimum absolute atomic E-state index is 0.00792. The van der Waals surface area contributed by atoms with Crippen molar-refractivity contribution in [1.29, 1.82) is 0 Å². The van der Waals surface area contributed by atoms with E-state index >= 15 is 0 Å². The largest absolute Gasteiger partial charge is 0.484 e. The summed E-state index contributed by atoms with van der Waals surface area (Å²) in [6, 6.07) is 7.65. The fraction of sp³-hybridized carbons (Fsp3) is 0.588. The lowest BCUT2D eigenvalue weighted by Gasteiger charge is -2.24. The molecule has 0 spiro atoms. The molecule has 0 radical (unpaired) electrons. The van der Waals surface area contributed by atoms with Gasteiger partial charge >= 0.3 is 0 Å². The van der Waals surface area contributed by atoms with Crippen LogP contribution in [0.25, 0.3) is 0 Å². The van der Waals surface area contributed by atoms with Crippen LogP contribution in [-0.4, -0.2) is 38.0 Å². The second-order valence-electron chi connectivity index (χ2n) is 7.51. The third-order valence-corrected chi connectivity index (χ3v) is 5.94. The first kappa shape index (κ1) is 17.8. The molecule has 23 heavy (non-hydrogen) atoms. The molecule has 1 atom stereocenters. The number of carbonyl (C=O) groups is 1. The maximum absolute atomic E-state index is 12.0. The molecule has 2 rings (SSSR count). The average Bonchev–Trinajstić information content (AvgIpc) is 2.69. The van der Waals surface area contributed by atoms with Crippen LogP contribution in [0.3, 0.4) is 0 Å². The van der Waals surface area contributed by atoms with Crippen LogP contribution >= 0.6 is 0 Å². The molecule has 1 unspecified atom stereocenters. The summed E-state index contributed by atoms with van der Waals surface area (Å²) in [5.74, 6) is 0.437. The van der Waals surface area contributed by atoms with Crippen molar-refractivity contribution in [2.24, 2.45) is 0 Å². The van der Waals surface area contributed by atoms with Gasteiger partial charge in [0.25, 0.3) is 5.91 Å². The van der Waals surface area contributed by atoms with Gasteiger partial charge in [0.1, 0.15) is 5.75 Å². The predicted molar refractivity (Wildman–Crippen MR) is 90.5 cm³/mol. The molecular formula is C17H25NO4S. The Morgan fingerprint density at radius 2 is 1.87 bits per heavy atom. The summed E-state index contributed by atoms with van der Waals surface area (Å²) in [6.45, 7) is 8.03. The number of benzene rings is 1. The highest BCUT2D eigenvalue weighted by atomic mass is 32.2. The Bertz CT molecular complexity index is 674. The minimum atomic E-state index is -3.04. The number of rotatable bonds is 4. The van der Waals surface area contributed by atoms with Crippen molar-refractivity contribution in [1.82, 2.24) is 5.32 Å². The first-order valence-corrected chi connectivity index (χ1v) is 9.56. The van der Waals surface area contributed by atoms with Gasteiger partial charge in [0, 0.05) is 0 Å². The van der Waals surface area contributed by atoms with Crippen LogP contribution in [0, 0.1) is 0 Å². The molecule has 1 saturated heterocycles. The third-order valence-electron chi connectivity index (χ3n) is 4.03. The zero-order chi connectivity index (χ0) is 17.3. The van der Waals surface area contributed by atoms with Crippen molar-refractivity contribution in [3.05, 3.63) is 29.8 Å². The van der Waals surface area contributed by atoms with Gasteiger partial charge in [-0.1, -0.05) is 32.9 Å². The predicted octanol–water partition coefficient (Wildman–Crippen LogP) is 2.06. The highest BCUT2D eigenvalue weighted by Gasteiger charge is 2.39. The van der Waals surface area contributed by atoms with E-state index in [1.54, 1.807) is 6.92 Å². The molecule has 5 nitrogen and oxygen atoms in total. The van der Waals surface area contributed by atoms with Crippen molar-refractivity contribution in [3.63, 3.8) is 0 Å². The molecule has 1 aromatic rings. The molecule has 128 valence electrons. The summed E-state index contributed by atoms with van der Waals surface area (Å²) in [5.41, 5.74) is 0.575. The summed E-state index contributed by atoms with van der Waals surface area (Å²) < 4.78 is 28.6. The third kappa shape index (κ3) is 4.96. The summed E-state index contributed by atoms with van der Waals surface area (Å²) in [6.07, 6.45) is 0.446. The van der Waals surface area contributed by atoms with Crippen LogP contribution in [-0.2, 0) is 20.0 Å². The van der Waals surface area contributed by atoms with Crippen molar-refractivity contribution in [2.45, 2.75) is 45.1 Å². The Kier molecular flexibility index (Phi) is 4.76. The molecule has 1 aliphatic heterocycles. The first-order valence-electron chi connectivity index (χ1n) is 7.74. The monoisotopic (exact) mass is 339 g/mol. The Morgan fingerprint density at radius 3 is 2.35 bits per heavy atom. The molecule has 1 amide bonds. The zero-order valence-corrected chi connectivity index (χ0v) is 15.0. The lowest BCUT2D eigenvalue weighted by molar-refractivity contribution is -0.124. The normalized spacial score (nSPS) is 23.5. The number of hydrogen-bond donors (Lipinski definition) is 1. The van der Waals surface area contributed by atoms with E-state index in [0.717, 1.165) is 0 Å². The minimum Gasteiger partial charge on any atom is -0.484 e. The van der Waals surface area contributed by atoms with Gasteiger partial charge in [-0.3, -0.25) is 4.79 Å². The molecule has 1 aliphatic rings. The maximum atomic E-state index is 12.0. The van der Waals surface area contributed by atoms with Gasteiger partial charge < -0.3 is 10.1 Å². The Morgan fingerprint density at radius 1 is 1.26 bits per heavy atom. The van der Waals surface area contributed by atoms with E-state index < -0.39 is 15.4 Å². The van der Waals surface area contributed by atoms with Gasteiger partial charge in [0.05, 0.1) is 17.0 Å². The molecule has 1 fully saturated rings. The number of carbonyl (C=O) groups excluding carboxylic acids is 1. The molecule has 6 heteroatoms. The van der Waals surface area contributed by atoms with E-state index in [-0.39, 0.29) is 29.4 Å². The molecule has 1 aromatic carbocycles. The number of hydrogen-bond acceptors (Lipinski definition) is 4. The Balaban J connectivity index is 1.87. The summed E-state index contributed by atoms with van der Waals surface area (Å²) in [4.78, 5) is 12.0.